The zero-order valence-corrected chi connectivity index (χ0v) is 12.5. The summed E-state index contributed by atoms with van der Waals surface area (Å²) in [4.78, 5) is 14.4. The molecule has 1 aromatic carbocycles. The second-order valence-electron chi connectivity index (χ2n) is 5.61. The number of ether oxygens (including phenoxy) is 1. The van der Waals surface area contributed by atoms with Crippen LogP contribution in [0.4, 0.5) is 0 Å². The molecule has 1 saturated carbocycles. The SMILES string of the molecule is COCCCC(N)C(=O)N(Cc1cccc(O)c1)C1CC1. The Labute approximate surface area is 125 Å². The van der Waals surface area contributed by atoms with E-state index in [4.69, 9.17) is 10.5 Å². The summed E-state index contributed by atoms with van der Waals surface area (Å²) in [5, 5.41) is 9.53. The highest BCUT2D eigenvalue weighted by molar-refractivity contribution is 5.82. The number of phenols is 1. The minimum Gasteiger partial charge on any atom is -0.508 e. The van der Waals surface area contributed by atoms with Crippen molar-refractivity contribution in [3.8, 4) is 5.75 Å². The molecule has 1 atom stereocenters. The molecule has 1 aliphatic carbocycles. The summed E-state index contributed by atoms with van der Waals surface area (Å²) in [6.07, 6.45) is 3.49. The lowest BCUT2D eigenvalue weighted by atomic mass is 10.1. The zero-order chi connectivity index (χ0) is 15.2. The van der Waals surface area contributed by atoms with E-state index in [1.165, 1.54) is 0 Å². The summed E-state index contributed by atoms with van der Waals surface area (Å²) in [5.41, 5.74) is 6.94. The fraction of sp³-hybridized carbons (Fsp3) is 0.562. The van der Waals surface area contributed by atoms with Gasteiger partial charge in [-0.3, -0.25) is 4.79 Å². The first kappa shape index (κ1) is 15.8. The predicted molar refractivity (Wildman–Crippen MR) is 80.8 cm³/mol. The Kier molecular flexibility index (Phi) is 5.59. The molecule has 5 heteroatoms. The molecule has 116 valence electrons. The fourth-order valence-electron chi connectivity index (χ4n) is 2.41. The van der Waals surface area contributed by atoms with Crippen LogP contribution >= 0.6 is 0 Å². The minimum atomic E-state index is -0.474. The highest BCUT2D eigenvalue weighted by Crippen LogP contribution is 2.29. The van der Waals surface area contributed by atoms with Gasteiger partial charge in [-0.2, -0.15) is 0 Å². The number of hydrogen-bond donors (Lipinski definition) is 2. The average molecular weight is 292 g/mol. The topological polar surface area (TPSA) is 75.8 Å². The third-order valence-corrected chi connectivity index (χ3v) is 3.71. The highest BCUT2D eigenvalue weighted by atomic mass is 16.5. The van der Waals surface area contributed by atoms with Crippen molar-refractivity contribution >= 4 is 5.91 Å². The van der Waals surface area contributed by atoms with Crippen LogP contribution in [0.1, 0.15) is 31.2 Å². The lowest BCUT2D eigenvalue weighted by molar-refractivity contribution is -0.134. The van der Waals surface area contributed by atoms with E-state index >= 15 is 0 Å². The number of methoxy groups -OCH3 is 1. The number of aromatic hydroxyl groups is 1. The third-order valence-electron chi connectivity index (χ3n) is 3.71. The standard InChI is InChI=1S/C16H24N2O3/c1-21-9-3-6-15(17)16(20)18(13-7-8-13)11-12-4-2-5-14(19)10-12/h2,4-5,10,13,15,19H,3,6-9,11,17H2,1H3. The van der Waals surface area contributed by atoms with Crippen LogP contribution in [-0.4, -0.2) is 41.7 Å². The van der Waals surface area contributed by atoms with Gasteiger partial charge in [0.2, 0.25) is 5.91 Å². The number of rotatable bonds is 8. The smallest absolute Gasteiger partial charge is 0.240 e. The van der Waals surface area contributed by atoms with Gasteiger partial charge >= 0.3 is 0 Å². The number of amides is 1. The number of carbonyl (C=O) groups is 1. The van der Waals surface area contributed by atoms with Crippen LogP contribution in [0.2, 0.25) is 0 Å². The summed E-state index contributed by atoms with van der Waals surface area (Å²) in [6, 6.07) is 6.85. The maximum atomic E-state index is 12.5. The van der Waals surface area contributed by atoms with Gasteiger partial charge in [0.05, 0.1) is 6.04 Å². The molecule has 0 heterocycles. The Morgan fingerprint density at radius 1 is 1.52 bits per heavy atom. The quantitative estimate of drug-likeness (QED) is 0.714. The number of benzene rings is 1. The van der Waals surface area contributed by atoms with E-state index in [2.05, 4.69) is 0 Å². The van der Waals surface area contributed by atoms with Gasteiger partial charge in [-0.05, 0) is 43.4 Å². The van der Waals surface area contributed by atoms with Crippen molar-refractivity contribution in [1.29, 1.82) is 0 Å². The number of carbonyl (C=O) groups excluding carboxylic acids is 1. The van der Waals surface area contributed by atoms with Crippen molar-refractivity contribution in [3.05, 3.63) is 29.8 Å². The van der Waals surface area contributed by atoms with Crippen LogP contribution in [-0.2, 0) is 16.1 Å². The van der Waals surface area contributed by atoms with E-state index in [9.17, 15) is 9.90 Å². The van der Waals surface area contributed by atoms with Crippen LogP contribution in [0, 0.1) is 0 Å². The number of nitrogens with zero attached hydrogens (tertiary/aromatic N) is 1. The van der Waals surface area contributed by atoms with Crippen molar-refractivity contribution in [2.24, 2.45) is 5.73 Å². The first-order chi connectivity index (χ1) is 10.1. The molecule has 5 nitrogen and oxygen atoms in total. The predicted octanol–water partition coefficient (Wildman–Crippen LogP) is 1.64. The molecule has 0 aromatic heterocycles. The largest absolute Gasteiger partial charge is 0.508 e. The Morgan fingerprint density at radius 2 is 2.29 bits per heavy atom. The molecule has 2 rings (SSSR count). The van der Waals surface area contributed by atoms with Gasteiger partial charge in [-0.1, -0.05) is 12.1 Å². The van der Waals surface area contributed by atoms with Crippen molar-refractivity contribution < 1.29 is 14.6 Å². The molecule has 1 unspecified atom stereocenters. The Balaban J connectivity index is 1.96. The van der Waals surface area contributed by atoms with Crippen LogP contribution in [0.25, 0.3) is 0 Å². The zero-order valence-electron chi connectivity index (χ0n) is 12.5. The average Bonchev–Trinajstić information content (AvgIpc) is 3.29. The molecular weight excluding hydrogens is 268 g/mol. The molecule has 21 heavy (non-hydrogen) atoms. The molecule has 0 aliphatic heterocycles. The molecule has 0 radical (unpaired) electrons. The Bertz CT molecular complexity index is 474. The highest BCUT2D eigenvalue weighted by Gasteiger charge is 2.34. The van der Waals surface area contributed by atoms with Gasteiger partial charge in [0.25, 0.3) is 0 Å². The molecule has 1 aliphatic rings. The second kappa shape index (κ2) is 7.43. The van der Waals surface area contributed by atoms with Crippen LogP contribution in [0.15, 0.2) is 24.3 Å². The fourth-order valence-corrected chi connectivity index (χ4v) is 2.41. The maximum absolute atomic E-state index is 12.5. The summed E-state index contributed by atoms with van der Waals surface area (Å²) in [5.74, 6) is 0.219. The Hall–Kier alpha value is -1.59. The van der Waals surface area contributed by atoms with E-state index in [0.29, 0.717) is 25.6 Å². The van der Waals surface area contributed by atoms with Crippen molar-refractivity contribution in [3.63, 3.8) is 0 Å². The third kappa shape index (κ3) is 4.72. The normalized spacial score (nSPS) is 15.7. The molecule has 1 fully saturated rings. The van der Waals surface area contributed by atoms with Crippen molar-refractivity contribution in [1.82, 2.24) is 4.90 Å². The van der Waals surface area contributed by atoms with E-state index < -0.39 is 6.04 Å². The van der Waals surface area contributed by atoms with E-state index in [0.717, 1.165) is 24.8 Å². The molecule has 0 saturated heterocycles. The van der Waals surface area contributed by atoms with Gasteiger partial charge in [0.1, 0.15) is 5.75 Å². The van der Waals surface area contributed by atoms with E-state index in [1.54, 1.807) is 25.3 Å². The number of hydrogen-bond acceptors (Lipinski definition) is 4. The van der Waals surface area contributed by atoms with Crippen molar-refractivity contribution in [2.75, 3.05) is 13.7 Å². The molecular formula is C16H24N2O3. The number of nitrogens with two attached hydrogens (primary N) is 1. The van der Waals surface area contributed by atoms with Gasteiger partial charge < -0.3 is 20.5 Å². The van der Waals surface area contributed by atoms with Crippen LogP contribution in [0.3, 0.4) is 0 Å². The number of phenolic OH excluding ortho intramolecular Hbond substituents is 1. The monoisotopic (exact) mass is 292 g/mol. The maximum Gasteiger partial charge on any atom is 0.240 e. The molecule has 1 aromatic rings. The second-order valence-corrected chi connectivity index (χ2v) is 5.61. The summed E-state index contributed by atoms with van der Waals surface area (Å²) < 4.78 is 4.99. The Morgan fingerprint density at radius 3 is 2.90 bits per heavy atom. The first-order valence-electron chi connectivity index (χ1n) is 7.44. The molecule has 3 N–H and O–H groups in total. The van der Waals surface area contributed by atoms with Crippen molar-refractivity contribution in [2.45, 2.75) is 44.3 Å². The molecule has 0 spiro atoms. The molecule has 1 amide bonds. The van der Waals surface area contributed by atoms with Gasteiger partial charge in [0.15, 0.2) is 0 Å². The first-order valence-corrected chi connectivity index (χ1v) is 7.44. The summed E-state index contributed by atoms with van der Waals surface area (Å²) in [6.45, 7) is 1.13. The van der Waals surface area contributed by atoms with Crippen LogP contribution < -0.4 is 5.73 Å². The summed E-state index contributed by atoms with van der Waals surface area (Å²) in [7, 11) is 1.64. The van der Waals surface area contributed by atoms with Gasteiger partial charge in [0, 0.05) is 26.3 Å². The lowest BCUT2D eigenvalue weighted by Crippen LogP contribution is -2.44. The summed E-state index contributed by atoms with van der Waals surface area (Å²) >= 11 is 0. The lowest BCUT2D eigenvalue weighted by Gasteiger charge is -2.26. The molecule has 0 bridgehead atoms. The van der Waals surface area contributed by atoms with Crippen LogP contribution in [0.5, 0.6) is 5.75 Å². The van der Waals surface area contributed by atoms with Gasteiger partial charge in [-0.25, -0.2) is 0 Å². The minimum absolute atomic E-state index is 0.00283. The van der Waals surface area contributed by atoms with E-state index in [1.807, 2.05) is 11.0 Å². The van der Waals surface area contributed by atoms with E-state index in [-0.39, 0.29) is 11.7 Å². The van der Waals surface area contributed by atoms with Gasteiger partial charge in [-0.15, -0.1) is 0 Å².